The number of nitrogens with one attached hydrogen (secondary N) is 1. The summed E-state index contributed by atoms with van der Waals surface area (Å²) in [5.74, 6) is -1.63. The summed E-state index contributed by atoms with van der Waals surface area (Å²) < 4.78 is 13.0. The summed E-state index contributed by atoms with van der Waals surface area (Å²) in [6.45, 7) is 5.18. The SMILES string of the molecule is CC(C)C(C)(Nc1ccc(F)c(Cl)c1)C(=O)O. The largest absolute Gasteiger partial charge is 0.480 e. The summed E-state index contributed by atoms with van der Waals surface area (Å²) in [6, 6.07) is 4.04. The van der Waals surface area contributed by atoms with Crippen LogP contribution < -0.4 is 5.32 Å². The van der Waals surface area contributed by atoms with Crippen LogP contribution in [0.25, 0.3) is 0 Å². The first kappa shape index (κ1) is 13.8. The number of carbonyl (C=O) groups is 1. The molecule has 0 bridgehead atoms. The minimum atomic E-state index is -1.12. The molecule has 1 aromatic rings. The van der Waals surface area contributed by atoms with E-state index in [1.807, 2.05) is 0 Å². The topological polar surface area (TPSA) is 49.3 Å². The van der Waals surface area contributed by atoms with E-state index in [0.717, 1.165) is 0 Å². The standard InChI is InChI=1S/C12H15ClFNO2/c1-7(2)12(3,11(16)17)15-8-4-5-10(14)9(13)6-8/h4-7,15H,1-3H3,(H,16,17). The van der Waals surface area contributed by atoms with Crippen molar-refractivity contribution in [3.8, 4) is 0 Å². The van der Waals surface area contributed by atoms with E-state index in [9.17, 15) is 14.3 Å². The molecule has 2 N–H and O–H groups in total. The van der Waals surface area contributed by atoms with E-state index in [1.165, 1.54) is 18.2 Å². The molecule has 3 nitrogen and oxygen atoms in total. The van der Waals surface area contributed by atoms with Crippen LogP contribution in [0.2, 0.25) is 5.02 Å². The van der Waals surface area contributed by atoms with Crippen LogP contribution in [-0.2, 0) is 4.79 Å². The third kappa shape index (κ3) is 2.88. The second kappa shape index (κ2) is 4.92. The van der Waals surface area contributed by atoms with Gasteiger partial charge in [-0.05, 0) is 31.0 Å². The number of anilines is 1. The first-order valence-corrected chi connectivity index (χ1v) is 5.62. The Hall–Kier alpha value is -1.29. The average molecular weight is 260 g/mol. The lowest BCUT2D eigenvalue weighted by Gasteiger charge is -2.31. The van der Waals surface area contributed by atoms with Gasteiger partial charge in [-0.2, -0.15) is 0 Å². The highest BCUT2D eigenvalue weighted by atomic mass is 35.5. The van der Waals surface area contributed by atoms with Crippen molar-refractivity contribution < 1.29 is 14.3 Å². The fourth-order valence-electron chi connectivity index (χ4n) is 1.32. The number of rotatable bonds is 4. The summed E-state index contributed by atoms with van der Waals surface area (Å²) in [4.78, 5) is 11.2. The highest BCUT2D eigenvalue weighted by Gasteiger charge is 2.36. The lowest BCUT2D eigenvalue weighted by Crippen LogP contribution is -2.48. The van der Waals surface area contributed by atoms with Crippen molar-refractivity contribution in [3.05, 3.63) is 29.0 Å². The molecule has 0 heterocycles. The van der Waals surface area contributed by atoms with Crippen LogP contribution in [-0.4, -0.2) is 16.6 Å². The highest BCUT2D eigenvalue weighted by molar-refractivity contribution is 6.31. The van der Waals surface area contributed by atoms with Crippen LogP contribution in [0, 0.1) is 11.7 Å². The second-order valence-electron chi connectivity index (χ2n) is 4.42. The Morgan fingerprint density at radius 2 is 2.12 bits per heavy atom. The van der Waals surface area contributed by atoms with Crippen molar-refractivity contribution in [1.82, 2.24) is 0 Å². The molecule has 0 saturated heterocycles. The summed E-state index contributed by atoms with van der Waals surface area (Å²) in [5, 5.41) is 12.1. The molecule has 94 valence electrons. The summed E-state index contributed by atoms with van der Waals surface area (Å²) in [6.07, 6.45) is 0. The Morgan fingerprint density at radius 1 is 1.53 bits per heavy atom. The van der Waals surface area contributed by atoms with Gasteiger partial charge in [-0.3, -0.25) is 0 Å². The Kier molecular flexibility index (Phi) is 3.98. The molecule has 1 rings (SSSR count). The molecule has 5 heteroatoms. The van der Waals surface area contributed by atoms with Crippen molar-refractivity contribution in [2.24, 2.45) is 5.92 Å². The van der Waals surface area contributed by atoms with Crippen molar-refractivity contribution in [3.63, 3.8) is 0 Å². The molecule has 0 aliphatic heterocycles. The van der Waals surface area contributed by atoms with Gasteiger partial charge in [0.15, 0.2) is 0 Å². The molecule has 0 fully saturated rings. The predicted molar refractivity (Wildman–Crippen MR) is 65.9 cm³/mol. The van der Waals surface area contributed by atoms with Crippen molar-refractivity contribution in [1.29, 1.82) is 0 Å². The van der Waals surface area contributed by atoms with Gasteiger partial charge in [-0.1, -0.05) is 25.4 Å². The van der Waals surface area contributed by atoms with E-state index >= 15 is 0 Å². The Morgan fingerprint density at radius 3 is 2.53 bits per heavy atom. The van der Waals surface area contributed by atoms with Crippen molar-refractivity contribution >= 4 is 23.3 Å². The zero-order valence-corrected chi connectivity index (χ0v) is 10.7. The van der Waals surface area contributed by atoms with E-state index in [2.05, 4.69) is 5.32 Å². The molecule has 17 heavy (non-hydrogen) atoms. The van der Waals surface area contributed by atoms with Gasteiger partial charge in [0, 0.05) is 5.69 Å². The molecule has 0 amide bonds. The van der Waals surface area contributed by atoms with Crippen LogP contribution in [0.5, 0.6) is 0 Å². The molecule has 0 radical (unpaired) electrons. The van der Waals surface area contributed by atoms with Gasteiger partial charge in [-0.15, -0.1) is 0 Å². The van der Waals surface area contributed by atoms with Gasteiger partial charge < -0.3 is 10.4 Å². The van der Waals surface area contributed by atoms with Crippen LogP contribution in [0.4, 0.5) is 10.1 Å². The first-order valence-electron chi connectivity index (χ1n) is 5.24. The number of aliphatic carboxylic acids is 1. The van der Waals surface area contributed by atoms with Crippen molar-refractivity contribution in [2.75, 3.05) is 5.32 Å². The third-order valence-corrected chi connectivity index (χ3v) is 3.21. The molecule has 1 unspecified atom stereocenters. The molecule has 0 aliphatic rings. The average Bonchev–Trinajstić information content (AvgIpc) is 2.22. The smallest absolute Gasteiger partial charge is 0.329 e. The lowest BCUT2D eigenvalue weighted by molar-refractivity contribution is -0.143. The number of carboxylic acids is 1. The number of hydrogen-bond donors (Lipinski definition) is 2. The molecule has 1 atom stereocenters. The normalized spacial score (nSPS) is 14.5. The lowest BCUT2D eigenvalue weighted by atomic mass is 9.88. The van der Waals surface area contributed by atoms with E-state index in [1.54, 1.807) is 20.8 Å². The van der Waals surface area contributed by atoms with E-state index in [0.29, 0.717) is 5.69 Å². The van der Waals surface area contributed by atoms with Gasteiger partial charge in [0.05, 0.1) is 5.02 Å². The van der Waals surface area contributed by atoms with Gasteiger partial charge in [-0.25, -0.2) is 9.18 Å². The maximum Gasteiger partial charge on any atom is 0.329 e. The fraction of sp³-hybridized carbons (Fsp3) is 0.417. The summed E-state index contributed by atoms with van der Waals surface area (Å²) >= 11 is 5.64. The van der Waals surface area contributed by atoms with Crippen LogP contribution >= 0.6 is 11.6 Å². The zero-order chi connectivity index (χ0) is 13.2. The van der Waals surface area contributed by atoms with Crippen molar-refractivity contribution in [2.45, 2.75) is 26.3 Å². The summed E-state index contributed by atoms with van der Waals surface area (Å²) in [7, 11) is 0. The van der Waals surface area contributed by atoms with Gasteiger partial charge >= 0.3 is 5.97 Å². The maximum absolute atomic E-state index is 13.0. The highest BCUT2D eigenvalue weighted by Crippen LogP contribution is 2.26. The van der Waals surface area contributed by atoms with Crippen LogP contribution in [0.15, 0.2) is 18.2 Å². The van der Waals surface area contributed by atoms with Crippen LogP contribution in [0.1, 0.15) is 20.8 Å². The summed E-state index contributed by atoms with van der Waals surface area (Å²) in [5.41, 5.74) is -0.642. The Bertz CT molecular complexity index is 437. The number of benzene rings is 1. The monoisotopic (exact) mass is 259 g/mol. The zero-order valence-electron chi connectivity index (χ0n) is 9.92. The number of halogens is 2. The third-order valence-electron chi connectivity index (χ3n) is 2.92. The number of carboxylic acid groups (broad SMARTS) is 1. The quantitative estimate of drug-likeness (QED) is 0.871. The van der Waals surface area contributed by atoms with E-state index in [4.69, 9.17) is 11.6 Å². The maximum atomic E-state index is 13.0. The molecular formula is C12H15ClFNO2. The predicted octanol–water partition coefficient (Wildman–Crippen LogP) is 3.39. The second-order valence-corrected chi connectivity index (χ2v) is 4.82. The number of hydrogen-bond acceptors (Lipinski definition) is 2. The van der Waals surface area contributed by atoms with E-state index < -0.39 is 17.3 Å². The van der Waals surface area contributed by atoms with Gasteiger partial charge in [0.2, 0.25) is 0 Å². The fourth-order valence-corrected chi connectivity index (χ4v) is 1.50. The molecule has 0 saturated carbocycles. The van der Waals surface area contributed by atoms with Gasteiger partial charge in [0.25, 0.3) is 0 Å². The van der Waals surface area contributed by atoms with E-state index in [-0.39, 0.29) is 10.9 Å². The minimum absolute atomic E-state index is 0.0357. The molecule has 0 aliphatic carbocycles. The molecule has 0 spiro atoms. The van der Waals surface area contributed by atoms with Crippen LogP contribution in [0.3, 0.4) is 0 Å². The Balaban J connectivity index is 3.02. The molecule has 1 aromatic carbocycles. The van der Waals surface area contributed by atoms with Gasteiger partial charge in [0.1, 0.15) is 11.4 Å². The minimum Gasteiger partial charge on any atom is -0.480 e. The molecular weight excluding hydrogens is 245 g/mol. The Labute approximate surface area is 105 Å². The first-order chi connectivity index (χ1) is 7.77. The molecule has 0 aromatic heterocycles.